The summed E-state index contributed by atoms with van der Waals surface area (Å²) < 4.78 is 45.0. The summed E-state index contributed by atoms with van der Waals surface area (Å²) >= 11 is 0. The number of carbonyl (C=O) groups is 6. The first-order valence-corrected chi connectivity index (χ1v) is 21.1. The van der Waals surface area contributed by atoms with Crippen LogP contribution in [0.15, 0.2) is 94.9 Å². The van der Waals surface area contributed by atoms with E-state index in [2.05, 4.69) is 0 Å². The number of hydrogen-bond donors (Lipinski definition) is 0. The van der Waals surface area contributed by atoms with Crippen LogP contribution in [0.3, 0.4) is 0 Å². The normalized spacial score (nSPS) is 35.5. The molecule has 0 aromatic heterocycles. The van der Waals surface area contributed by atoms with Crippen molar-refractivity contribution < 1.29 is 76.9 Å². The SMILES string of the molecule is CC1CCC(C)C2(C1)OC(=O)C(/C=C/C=C/C=C1C(=O)OC3(CCC4(CC3)OC(=O)C(=C/C=C/C=C/C3=C([O-])OC5(CC(C)CCC5C(C)C)OC3=O)C(=O)O4)OC1=O)=C([O-])O2. The van der Waals surface area contributed by atoms with E-state index in [9.17, 15) is 39.0 Å². The molecule has 4 aliphatic heterocycles. The Bertz CT molecular complexity index is 2110. The van der Waals surface area contributed by atoms with E-state index in [-0.39, 0.29) is 66.4 Å². The minimum Gasteiger partial charge on any atom is -0.574 e. The van der Waals surface area contributed by atoms with Crippen LogP contribution < -0.4 is 10.2 Å². The Hall–Kier alpha value is -6.06. The van der Waals surface area contributed by atoms with Gasteiger partial charge in [0.2, 0.25) is 0 Å². The molecule has 0 bridgehead atoms. The Morgan fingerprint density at radius 1 is 0.500 bits per heavy atom. The maximum absolute atomic E-state index is 13.0. The molecule has 62 heavy (non-hydrogen) atoms. The topological polar surface area (TPSA) is 222 Å². The number of ether oxygens (including phenoxy) is 8. The van der Waals surface area contributed by atoms with Crippen LogP contribution in [0.2, 0.25) is 0 Å². The fourth-order valence-electron chi connectivity index (χ4n) is 9.19. The fraction of sp³-hybridized carbons (Fsp3) is 0.522. The molecule has 2 saturated heterocycles. The molecule has 16 nitrogen and oxygen atoms in total. The molecule has 0 aromatic carbocycles. The second-order valence-electron chi connectivity index (χ2n) is 17.6. The molecule has 0 amide bonds. The quantitative estimate of drug-likeness (QED) is 0.113. The lowest BCUT2D eigenvalue weighted by Crippen LogP contribution is -2.56. The lowest BCUT2D eigenvalue weighted by molar-refractivity contribution is -0.411. The first-order chi connectivity index (χ1) is 29.4. The standard InChI is InChI=1S/C46H52O16/c1-26(2)34-19-17-28(4)25-46(34)61-41(53)33(42(54)62-46)15-11-7-9-13-31-37(49)57-44(58-38(31)50)22-20-43(21-23-44)55-35(47)30(36(48)56-43)12-8-6-10-14-32-39(51)59-45(60-40(32)52)24-27(3)16-18-29(45)5/h6-15,26-29,34,51,53H,16-25H2,1-5H3/p-2/b8-6+,9-7+,14-10+,15-11+,30-12?,31-13?. The minimum absolute atomic E-state index is 0.123. The predicted molar refractivity (Wildman–Crippen MR) is 208 cm³/mol. The van der Waals surface area contributed by atoms with E-state index in [4.69, 9.17) is 37.9 Å². The first kappa shape index (κ1) is 44.0. The second-order valence-corrected chi connectivity index (χ2v) is 17.6. The third-order valence-electron chi connectivity index (χ3n) is 12.7. The molecular weight excluding hydrogens is 808 g/mol. The zero-order chi connectivity index (χ0) is 44.6. The summed E-state index contributed by atoms with van der Waals surface area (Å²) in [4.78, 5) is 77.6. The maximum Gasteiger partial charge on any atom is 0.348 e. The third kappa shape index (κ3) is 8.68. The summed E-state index contributed by atoms with van der Waals surface area (Å²) in [6.07, 6.45) is 16.6. The van der Waals surface area contributed by atoms with E-state index in [0.29, 0.717) is 12.8 Å². The molecule has 332 valence electrons. The van der Waals surface area contributed by atoms with Crippen LogP contribution in [-0.2, 0) is 66.7 Å². The van der Waals surface area contributed by atoms with Crippen molar-refractivity contribution in [3.05, 3.63) is 94.9 Å². The number of esters is 6. The summed E-state index contributed by atoms with van der Waals surface area (Å²) in [7, 11) is 0. The number of hydrogen-bond acceptors (Lipinski definition) is 16. The van der Waals surface area contributed by atoms with Crippen LogP contribution in [0, 0.1) is 29.6 Å². The summed E-state index contributed by atoms with van der Waals surface area (Å²) in [5, 5.41) is 25.7. The van der Waals surface area contributed by atoms with Gasteiger partial charge in [-0.25, -0.2) is 28.8 Å². The van der Waals surface area contributed by atoms with Gasteiger partial charge in [0.05, 0.1) is 23.0 Å². The van der Waals surface area contributed by atoms with E-state index in [0.717, 1.165) is 37.8 Å². The molecule has 0 aromatic rings. The van der Waals surface area contributed by atoms with Crippen molar-refractivity contribution in [2.24, 2.45) is 29.6 Å². The molecule has 7 rings (SSSR count). The Morgan fingerprint density at radius 3 is 1.34 bits per heavy atom. The van der Waals surface area contributed by atoms with E-state index in [1.165, 1.54) is 48.6 Å². The summed E-state index contributed by atoms with van der Waals surface area (Å²) in [6, 6.07) is 0. The maximum atomic E-state index is 13.0. The molecule has 6 unspecified atom stereocenters. The van der Waals surface area contributed by atoms with Gasteiger partial charge in [0, 0.05) is 50.4 Å². The highest BCUT2D eigenvalue weighted by Crippen LogP contribution is 2.48. The first-order valence-electron chi connectivity index (χ1n) is 21.1. The van der Waals surface area contributed by atoms with Gasteiger partial charge >= 0.3 is 35.8 Å². The van der Waals surface area contributed by atoms with Gasteiger partial charge in [-0.1, -0.05) is 83.9 Å². The third-order valence-corrected chi connectivity index (χ3v) is 12.7. The number of allylic oxidation sites excluding steroid dienone is 8. The Labute approximate surface area is 358 Å². The summed E-state index contributed by atoms with van der Waals surface area (Å²) in [5.41, 5.74) is -1.42. The predicted octanol–water partition coefficient (Wildman–Crippen LogP) is 4.46. The largest absolute Gasteiger partial charge is 0.574 e. The molecule has 16 heteroatoms. The van der Waals surface area contributed by atoms with E-state index in [1.54, 1.807) is 0 Å². The summed E-state index contributed by atoms with van der Waals surface area (Å²) in [6.45, 7) is 9.92. The van der Waals surface area contributed by atoms with Crippen molar-refractivity contribution in [3.8, 4) is 0 Å². The van der Waals surface area contributed by atoms with Crippen LogP contribution in [0.1, 0.15) is 98.8 Å². The second kappa shape index (κ2) is 17.0. The van der Waals surface area contributed by atoms with Crippen molar-refractivity contribution in [3.63, 3.8) is 0 Å². The highest BCUT2D eigenvalue weighted by atomic mass is 16.8. The Kier molecular flexibility index (Phi) is 12.1. The lowest BCUT2D eigenvalue weighted by Gasteiger charge is -2.53. The van der Waals surface area contributed by atoms with Gasteiger partial charge in [-0.05, 0) is 54.9 Å². The zero-order valence-corrected chi connectivity index (χ0v) is 35.3. The van der Waals surface area contributed by atoms with Gasteiger partial charge in [0.1, 0.15) is 11.1 Å². The van der Waals surface area contributed by atoms with Crippen LogP contribution in [0.25, 0.3) is 0 Å². The monoisotopic (exact) mass is 858 g/mol. The van der Waals surface area contributed by atoms with Gasteiger partial charge in [-0.3, -0.25) is 0 Å². The van der Waals surface area contributed by atoms with Crippen molar-refractivity contribution in [1.29, 1.82) is 0 Å². The fourth-order valence-corrected chi connectivity index (χ4v) is 9.19. The Balaban J connectivity index is 0.906. The average molecular weight is 859 g/mol. The number of carbonyl (C=O) groups excluding carboxylic acids is 6. The van der Waals surface area contributed by atoms with Crippen LogP contribution in [0.4, 0.5) is 0 Å². The molecule has 4 heterocycles. The molecule has 0 N–H and O–H groups in total. The van der Waals surface area contributed by atoms with Crippen molar-refractivity contribution in [1.82, 2.24) is 0 Å². The average Bonchev–Trinajstić information content (AvgIpc) is 3.18. The molecule has 5 fully saturated rings. The van der Waals surface area contributed by atoms with Gasteiger partial charge in [-0.2, -0.15) is 0 Å². The van der Waals surface area contributed by atoms with Gasteiger partial charge in [0.25, 0.3) is 11.6 Å². The van der Waals surface area contributed by atoms with Crippen molar-refractivity contribution in [2.45, 2.75) is 122 Å². The molecule has 0 radical (unpaired) electrons. The van der Waals surface area contributed by atoms with E-state index >= 15 is 0 Å². The van der Waals surface area contributed by atoms with E-state index < -0.39 is 82.0 Å². The molecule has 7 aliphatic rings. The highest BCUT2D eigenvalue weighted by Gasteiger charge is 2.57. The smallest absolute Gasteiger partial charge is 0.348 e. The van der Waals surface area contributed by atoms with Gasteiger partial charge in [-0.15, -0.1) is 0 Å². The highest BCUT2D eigenvalue weighted by molar-refractivity contribution is 6.16. The molecule has 4 spiro atoms. The van der Waals surface area contributed by atoms with E-state index in [1.807, 2.05) is 34.6 Å². The van der Waals surface area contributed by atoms with Crippen LogP contribution >= 0.6 is 0 Å². The Morgan fingerprint density at radius 2 is 0.903 bits per heavy atom. The molecule has 3 saturated carbocycles. The summed E-state index contributed by atoms with van der Waals surface area (Å²) in [5.74, 6) is -12.7. The molecule has 6 atom stereocenters. The van der Waals surface area contributed by atoms with Gasteiger partial charge < -0.3 is 48.1 Å². The molecule has 3 aliphatic carbocycles. The molecular formula is C46H50O16-2. The minimum atomic E-state index is -1.69. The van der Waals surface area contributed by atoms with Crippen LogP contribution in [-0.4, -0.2) is 59.0 Å². The van der Waals surface area contributed by atoms with Crippen LogP contribution in [0.5, 0.6) is 0 Å². The van der Waals surface area contributed by atoms with Gasteiger partial charge in [0.15, 0.2) is 11.6 Å². The zero-order valence-electron chi connectivity index (χ0n) is 35.3. The lowest BCUT2D eigenvalue weighted by atomic mass is 9.72. The van der Waals surface area contributed by atoms with Crippen molar-refractivity contribution >= 4 is 35.8 Å². The van der Waals surface area contributed by atoms with Crippen molar-refractivity contribution in [2.75, 3.05) is 0 Å². The number of rotatable bonds is 7.